The van der Waals surface area contributed by atoms with Crippen LogP contribution in [0.3, 0.4) is 0 Å². The Balaban J connectivity index is 1.49. The van der Waals surface area contributed by atoms with Gasteiger partial charge in [-0.15, -0.1) is 15.3 Å². The summed E-state index contributed by atoms with van der Waals surface area (Å²) in [4.78, 5) is -1.19. The van der Waals surface area contributed by atoms with Crippen LogP contribution >= 0.6 is 0 Å². The summed E-state index contributed by atoms with van der Waals surface area (Å²) < 4.78 is 71.8. The third kappa shape index (κ3) is 7.53. The number of hydrogen-bond acceptors (Lipinski definition) is 14. The van der Waals surface area contributed by atoms with Crippen LogP contribution in [0, 0.1) is 0 Å². The summed E-state index contributed by atoms with van der Waals surface area (Å²) in [5, 5.41) is 54.9. The minimum absolute atomic E-state index is 0.0122. The molecule has 5 aromatic rings. The highest BCUT2D eigenvalue weighted by Gasteiger charge is 2.22. The molecule has 0 aliphatic rings. The Morgan fingerprint density at radius 2 is 1.26 bits per heavy atom. The summed E-state index contributed by atoms with van der Waals surface area (Å²) in [6, 6.07) is 18.5. The van der Waals surface area contributed by atoms with Gasteiger partial charge in [0, 0.05) is 17.5 Å². The molecule has 0 atom stereocenters. The van der Waals surface area contributed by atoms with Crippen molar-refractivity contribution in [2.75, 3.05) is 7.11 Å². The Hall–Kier alpha value is -5.82. The lowest BCUT2D eigenvalue weighted by Crippen LogP contribution is -1.99. The number of fused-ring (bicyclic) bond motifs is 1. The second-order valence-corrected chi connectivity index (χ2v) is 12.4. The van der Waals surface area contributed by atoms with Crippen LogP contribution in [-0.4, -0.2) is 48.4 Å². The zero-order valence-corrected chi connectivity index (χ0v) is 25.5. The molecule has 5 rings (SSSR count). The van der Waals surface area contributed by atoms with E-state index in [0.717, 1.165) is 24.3 Å². The standard InChI is InChI=1S/C29H22N6O10S2/c1-45-26-15-23(25(37)14-24(26)34-32-18-3-2-4-21(13-18)46(39,40)41)33-35-28-27(47(42,43)44)12-16-11-19(7-10-22(16)29(28)38)31-30-17-5-8-20(36)9-6-17/h2-15,36-38H,1H3,(H,39,40,41)(H,42,43,44). The Kier molecular flexibility index (Phi) is 8.93. The SMILES string of the molecule is COc1cc(N=Nc2c(S(=O)(=O)O)cc3cc(N=Nc4ccc(O)cc4)ccc3c2O)c(O)cc1N=Nc1cccc(S(=O)(=O)O)c1. The number of methoxy groups -OCH3 is 1. The molecule has 0 aliphatic carbocycles. The maximum atomic E-state index is 12.3. The van der Waals surface area contributed by atoms with E-state index in [1.54, 1.807) is 0 Å². The lowest BCUT2D eigenvalue weighted by molar-refractivity contribution is 0.413. The zero-order valence-electron chi connectivity index (χ0n) is 23.9. The maximum absolute atomic E-state index is 12.3. The number of nitrogens with zero attached hydrogens (tertiary/aromatic N) is 6. The number of hydrogen-bond donors (Lipinski definition) is 5. The van der Waals surface area contributed by atoms with Crippen LogP contribution in [0.15, 0.2) is 125 Å². The van der Waals surface area contributed by atoms with Gasteiger partial charge in [0.05, 0.1) is 29.1 Å². The van der Waals surface area contributed by atoms with Gasteiger partial charge in [0.25, 0.3) is 20.2 Å². The fourth-order valence-electron chi connectivity index (χ4n) is 4.12. The van der Waals surface area contributed by atoms with Crippen LogP contribution < -0.4 is 4.74 Å². The fourth-order valence-corrected chi connectivity index (χ4v) is 5.30. The summed E-state index contributed by atoms with van der Waals surface area (Å²) in [7, 11) is -8.17. The van der Waals surface area contributed by atoms with Crippen molar-refractivity contribution in [3.8, 4) is 23.0 Å². The van der Waals surface area contributed by atoms with Gasteiger partial charge >= 0.3 is 0 Å². The monoisotopic (exact) mass is 678 g/mol. The van der Waals surface area contributed by atoms with Gasteiger partial charge in [-0.1, -0.05) is 6.07 Å². The second kappa shape index (κ2) is 12.9. The van der Waals surface area contributed by atoms with Crippen molar-refractivity contribution in [3.05, 3.63) is 84.9 Å². The quantitative estimate of drug-likeness (QED) is 0.0749. The highest BCUT2D eigenvalue weighted by molar-refractivity contribution is 7.86. The Morgan fingerprint density at radius 1 is 0.617 bits per heavy atom. The maximum Gasteiger partial charge on any atom is 0.296 e. The zero-order chi connectivity index (χ0) is 33.9. The summed E-state index contributed by atoms with van der Waals surface area (Å²) >= 11 is 0. The van der Waals surface area contributed by atoms with E-state index in [1.807, 2.05) is 0 Å². The van der Waals surface area contributed by atoms with E-state index in [1.165, 1.54) is 67.8 Å². The first-order valence-corrected chi connectivity index (χ1v) is 15.9. The van der Waals surface area contributed by atoms with Crippen LogP contribution in [0.1, 0.15) is 0 Å². The van der Waals surface area contributed by atoms with E-state index in [0.29, 0.717) is 5.69 Å². The molecule has 0 unspecified atom stereocenters. The van der Waals surface area contributed by atoms with Crippen LogP contribution in [0.2, 0.25) is 0 Å². The van der Waals surface area contributed by atoms with Crippen LogP contribution in [0.5, 0.6) is 23.0 Å². The summed E-state index contributed by atoms with van der Waals surface area (Å²) in [5.74, 6) is -1.11. The van der Waals surface area contributed by atoms with Gasteiger partial charge in [-0.3, -0.25) is 9.11 Å². The van der Waals surface area contributed by atoms with Crippen molar-refractivity contribution >= 4 is 65.1 Å². The molecular formula is C29H22N6O10S2. The molecule has 16 nitrogen and oxygen atoms in total. The van der Waals surface area contributed by atoms with E-state index in [2.05, 4.69) is 30.7 Å². The highest BCUT2D eigenvalue weighted by Crippen LogP contribution is 2.44. The third-order valence-electron chi connectivity index (χ3n) is 6.37. The molecule has 0 amide bonds. The molecule has 47 heavy (non-hydrogen) atoms. The Labute approximate surface area is 266 Å². The molecule has 0 fully saturated rings. The van der Waals surface area contributed by atoms with Gasteiger partial charge in [-0.25, -0.2) is 0 Å². The summed E-state index contributed by atoms with van der Waals surface area (Å²) in [6.07, 6.45) is 0. The largest absolute Gasteiger partial charge is 0.508 e. The number of benzene rings is 5. The van der Waals surface area contributed by atoms with Crippen molar-refractivity contribution in [3.63, 3.8) is 0 Å². The minimum atomic E-state index is -4.96. The first kappa shape index (κ1) is 32.6. The topological polar surface area (TPSA) is 253 Å². The third-order valence-corrected chi connectivity index (χ3v) is 8.08. The van der Waals surface area contributed by atoms with Gasteiger partial charge in [0.1, 0.15) is 39.2 Å². The van der Waals surface area contributed by atoms with Gasteiger partial charge in [0.2, 0.25) is 0 Å². The predicted octanol–water partition coefficient (Wildman–Crippen LogP) is 7.70. The number of rotatable bonds is 9. The van der Waals surface area contributed by atoms with Gasteiger partial charge < -0.3 is 20.1 Å². The highest BCUT2D eigenvalue weighted by atomic mass is 32.2. The molecule has 0 saturated heterocycles. The molecule has 0 aromatic heterocycles. The van der Waals surface area contributed by atoms with Crippen LogP contribution in [0.25, 0.3) is 10.8 Å². The van der Waals surface area contributed by atoms with Gasteiger partial charge in [-0.2, -0.15) is 32.2 Å². The molecule has 0 bridgehead atoms. The molecule has 5 aromatic carbocycles. The molecule has 0 spiro atoms. The molecule has 18 heteroatoms. The van der Waals surface area contributed by atoms with Gasteiger partial charge in [-0.05, 0) is 72.1 Å². The minimum Gasteiger partial charge on any atom is -0.508 e. The number of ether oxygens (including phenoxy) is 1. The first-order valence-electron chi connectivity index (χ1n) is 13.0. The molecule has 0 heterocycles. The van der Waals surface area contributed by atoms with Crippen molar-refractivity contribution in [1.82, 2.24) is 0 Å². The van der Waals surface area contributed by atoms with E-state index >= 15 is 0 Å². The second-order valence-electron chi connectivity index (χ2n) is 9.55. The summed E-state index contributed by atoms with van der Waals surface area (Å²) in [6.45, 7) is 0. The molecule has 0 aliphatic heterocycles. The Morgan fingerprint density at radius 3 is 1.94 bits per heavy atom. The lowest BCUT2D eigenvalue weighted by atomic mass is 10.1. The van der Waals surface area contributed by atoms with E-state index in [9.17, 15) is 41.3 Å². The Bertz CT molecular complexity index is 2330. The molecule has 0 radical (unpaired) electrons. The normalized spacial score (nSPS) is 12.5. The lowest BCUT2D eigenvalue weighted by Gasteiger charge is -2.10. The van der Waals surface area contributed by atoms with Gasteiger partial charge in [0.15, 0.2) is 5.75 Å². The molecule has 0 saturated carbocycles. The predicted molar refractivity (Wildman–Crippen MR) is 167 cm³/mol. The number of phenolic OH excluding ortho intramolecular Hbond substituents is 3. The van der Waals surface area contributed by atoms with Crippen molar-refractivity contribution in [1.29, 1.82) is 0 Å². The fraction of sp³-hybridized carbons (Fsp3) is 0.0345. The van der Waals surface area contributed by atoms with E-state index in [4.69, 9.17) is 4.74 Å². The van der Waals surface area contributed by atoms with Crippen molar-refractivity contribution in [2.24, 2.45) is 30.7 Å². The smallest absolute Gasteiger partial charge is 0.296 e. The van der Waals surface area contributed by atoms with Crippen LogP contribution in [-0.2, 0) is 20.2 Å². The number of aromatic hydroxyl groups is 3. The van der Waals surface area contributed by atoms with Crippen LogP contribution in [0.4, 0.5) is 34.1 Å². The summed E-state index contributed by atoms with van der Waals surface area (Å²) in [5.41, 5.74) is -0.129. The van der Waals surface area contributed by atoms with E-state index in [-0.39, 0.29) is 45.0 Å². The molecular weight excluding hydrogens is 656 g/mol. The van der Waals surface area contributed by atoms with Crippen molar-refractivity contribution in [2.45, 2.75) is 9.79 Å². The number of azo groups is 3. The first-order chi connectivity index (χ1) is 22.2. The molecule has 5 N–H and O–H groups in total. The average molecular weight is 679 g/mol. The van der Waals surface area contributed by atoms with E-state index < -0.39 is 47.2 Å². The van der Waals surface area contributed by atoms with Crippen molar-refractivity contribution < 1.29 is 46.0 Å². The average Bonchev–Trinajstić information content (AvgIpc) is 3.02. The molecule has 240 valence electrons. The number of phenols is 3.